The maximum atomic E-state index is 2.46. The zero-order chi connectivity index (χ0) is 16.5. The molecule has 24 heavy (non-hydrogen) atoms. The van der Waals surface area contributed by atoms with Crippen LogP contribution in [-0.4, -0.2) is 18.0 Å². The van der Waals surface area contributed by atoms with Gasteiger partial charge in [0.05, 0.1) is 0 Å². The fourth-order valence-corrected chi connectivity index (χ4v) is 3.76. The van der Waals surface area contributed by atoms with Crippen LogP contribution >= 0.6 is 0 Å². The summed E-state index contributed by atoms with van der Waals surface area (Å²) in [6.45, 7) is 7.66. The molecular formula is C23H23N. The van der Waals surface area contributed by atoms with Crippen molar-refractivity contribution in [2.45, 2.75) is 20.4 Å². The van der Waals surface area contributed by atoms with E-state index in [2.05, 4.69) is 85.5 Å². The quantitative estimate of drug-likeness (QED) is 0.418. The number of benzene rings is 4. The van der Waals surface area contributed by atoms with Gasteiger partial charge in [-0.05, 0) is 57.0 Å². The molecule has 0 fully saturated rings. The van der Waals surface area contributed by atoms with Crippen LogP contribution < -0.4 is 0 Å². The molecule has 0 amide bonds. The standard InChI is InChI=1S/C23H23N/c1-3-24(4-2)16-17-13-14-22-20-11-6-5-9-18(20)19-10-7-8-12-21(19)23(22)15-17/h5-15H,3-4,16H2,1-2H3. The van der Waals surface area contributed by atoms with Gasteiger partial charge in [0.25, 0.3) is 0 Å². The summed E-state index contributed by atoms with van der Waals surface area (Å²) >= 11 is 0. The number of nitrogens with zero attached hydrogens (tertiary/aromatic N) is 1. The van der Waals surface area contributed by atoms with Crippen LogP contribution in [-0.2, 0) is 6.54 Å². The van der Waals surface area contributed by atoms with Crippen molar-refractivity contribution in [3.05, 3.63) is 72.3 Å². The van der Waals surface area contributed by atoms with Gasteiger partial charge in [0.1, 0.15) is 0 Å². The molecule has 0 saturated heterocycles. The summed E-state index contributed by atoms with van der Waals surface area (Å²) in [4.78, 5) is 2.46. The maximum Gasteiger partial charge on any atom is 0.0233 e. The molecule has 0 spiro atoms. The zero-order valence-corrected chi connectivity index (χ0v) is 14.4. The number of fused-ring (bicyclic) bond motifs is 6. The van der Waals surface area contributed by atoms with Crippen LogP contribution in [0.4, 0.5) is 0 Å². The second-order valence-electron chi connectivity index (χ2n) is 6.43. The van der Waals surface area contributed by atoms with E-state index in [1.165, 1.54) is 37.9 Å². The fourth-order valence-electron chi connectivity index (χ4n) is 3.76. The van der Waals surface area contributed by atoms with Crippen molar-refractivity contribution < 1.29 is 0 Å². The lowest BCUT2D eigenvalue weighted by atomic mass is 9.93. The highest BCUT2D eigenvalue weighted by atomic mass is 15.1. The number of hydrogen-bond donors (Lipinski definition) is 0. The van der Waals surface area contributed by atoms with Gasteiger partial charge >= 0.3 is 0 Å². The molecule has 0 aliphatic rings. The second-order valence-corrected chi connectivity index (χ2v) is 6.43. The molecule has 4 aromatic carbocycles. The molecule has 4 aromatic rings. The van der Waals surface area contributed by atoms with Crippen molar-refractivity contribution in [2.24, 2.45) is 0 Å². The van der Waals surface area contributed by atoms with Gasteiger partial charge in [-0.3, -0.25) is 4.90 Å². The minimum absolute atomic E-state index is 1.02. The van der Waals surface area contributed by atoms with Crippen molar-refractivity contribution in [3.63, 3.8) is 0 Å². The number of rotatable bonds is 4. The monoisotopic (exact) mass is 313 g/mol. The van der Waals surface area contributed by atoms with Crippen molar-refractivity contribution in [1.29, 1.82) is 0 Å². The lowest BCUT2D eigenvalue weighted by Gasteiger charge is -2.19. The Hall–Kier alpha value is -2.38. The lowest BCUT2D eigenvalue weighted by Crippen LogP contribution is -2.21. The van der Waals surface area contributed by atoms with Crippen LogP contribution in [0.25, 0.3) is 32.3 Å². The Morgan fingerprint density at radius 3 is 1.54 bits per heavy atom. The summed E-state index contributed by atoms with van der Waals surface area (Å²) in [5.41, 5.74) is 1.40. The molecular weight excluding hydrogens is 290 g/mol. The molecule has 0 radical (unpaired) electrons. The van der Waals surface area contributed by atoms with E-state index in [4.69, 9.17) is 0 Å². The Morgan fingerprint density at radius 1 is 0.583 bits per heavy atom. The Morgan fingerprint density at radius 2 is 1.04 bits per heavy atom. The predicted octanol–water partition coefficient (Wildman–Crippen LogP) is 5.99. The molecule has 0 atom stereocenters. The molecule has 120 valence electrons. The van der Waals surface area contributed by atoms with Gasteiger partial charge in [-0.25, -0.2) is 0 Å². The maximum absolute atomic E-state index is 2.46. The van der Waals surface area contributed by atoms with E-state index >= 15 is 0 Å². The van der Waals surface area contributed by atoms with Crippen molar-refractivity contribution in [2.75, 3.05) is 13.1 Å². The summed E-state index contributed by atoms with van der Waals surface area (Å²) in [6, 6.07) is 24.5. The molecule has 4 rings (SSSR count). The van der Waals surface area contributed by atoms with Gasteiger partial charge in [-0.2, -0.15) is 0 Å². The Kier molecular flexibility index (Phi) is 3.95. The van der Waals surface area contributed by atoms with Gasteiger partial charge in [0, 0.05) is 6.54 Å². The molecule has 0 aliphatic carbocycles. The van der Waals surface area contributed by atoms with E-state index in [-0.39, 0.29) is 0 Å². The summed E-state index contributed by atoms with van der Waals surface area (Å²) in [5, 5.41) is 8.12. The zero-order valence-electron chi connectivity index (χ0n) is 14.4. The Bertz CT molecular complexity index is 977. The normalized spacial score (nSPS) is 11.8. The van der Waals surface area contributed by atoms with Crippen LogP contribution in [0.5, 0.6) is 0 Å². The fraction of sp³-hybridized carbons (Fsp3) is 0.217. The molecule has 0 unspecified atom stereocenters. The Balaban J connectivity index is 2.02. The Labute approximate surface area is 143 Å². The predicted molar refractivity (Wildman–Crippen MR) is 106 cm³/mol. The average molecular weight is 313 g/mol. The molecule has 1 heteroatoms. The summed E-state index contributed by atoms with van der Waals surface area (Å²) in [7, 11) is 0. The van der Waals surface area contributed by atoms with Crippen LogP contribution in [0.15, 0.2) is 66.7 Å². The first kappa shape index (κ1) is 15.2. The SMILES string of the molecule is CCN(CC)Cc1ccc2c3ccccc3c3ccccc3c2c1. The van der Waals surface area contributed by atoms with Gasteiger partial charge < -0.3 is 0 Å². The van der Waals surface area contributed by atoms with Gasteiger partial charge in [-0.1, -0.05) is 74.5 Å². The summed E-state index contributed by atoms with van der Waals surface area (Å²) < 4.78 is 0. The minimum Gasteiger partial charge on any atom is -0.300 e. The van der Waals surface area contributed by atoms with Crippen LogP contribution in [0, 0.1) is 0 Å². The third-order valence-corrected chi connectivity index (χ3v) is 5.11. The van der Waals surface area contributed by atoms with Crippen LogP contribution in [0.2, 0.25) is 0 Å². The van der Waals surface area contributed by atoms with E-state index in [1.54, 1.807) is 0 Å². The summed E-state index contributed by atoms with van der Waals surface area (Å²) in [5.74, 6) is 0. The van der Waals surface area contributed by atoms with Gasteiger partial charge in [0.15, 0.2) is 0 Å². The third kappa shape index (κ3) is 2.46. The van der Waals surface area contributed by atoms with Crippen LogP contribution in [0.3, 0.4) is 0 Å². The molecule has 1 nitrogen and oxygen atoms in total. The van der Waals surface area contributed by atoms with E-state index in [1.807, 2.05) is 0 Å². The third-order valence-electron chi connectivity index (χ3n) is 5.11. The first-order chi connectivity index (χ1) is 11.8. The highest BCUT2D eigenvalue weighted by Crippen LogP contribution is 2.35. The van der Waals surface area contributed by atoms with E-state index < -0.39 is 0 Å². The largest absolute Gasteiger partial charge is 0.300 e. The van der Waals surface area contributed by atoms with Gasteiger partial charge in [0.2, 0.25) is 0 Å². The van der Waals surface area contributed by atoms with Gasteiger partial charge in [-0.15, -0.1) is 0 Å². The van der Waals surface area contributed by atoms with E-state index in [0.29, 0.717) is 0 Å². The van der Waals surface area contributed by atoms with E-state index in [0.717, 1.165) is 19.6 Å². The summed E-state index contributed by atoms with van der Waals surface area (Å²) in [6.07, 6.45) is 0. The highest BCUT2D eigenvalue weighted by molar-refractivity contribution is 6.25. The van der Waals surface area contributed by atoms with Crippen molar-refractivity contribution in [3.8, 4) is 0 Å². The average Bonchev–Trinajstić information content (AvgIpc) is 2.66. The first-order valence-electron chi connectivity index (χ1n) is 8.86. The minimum atomic E-state index is 1.02. The van der Waals surface area contributed by atoms with Crippen LogP contribution in [0.1, 0.15) is 19.4 Å². The second kappa shape index (κ2) is 6.26. The first-order valence-corrected chi connectivity index (χ1v) is 8.86. The molecule has 0 aromatic heterocycles. The van der Waals surface area contributed by atoms with E-state index in [9.17, 15) is 0 Å². The van der Waals surface area contributed by atoms with Crippen molar-refractivity contribution >= 4 is 32.3 Å². The molecule has 0 N–H and O–H groups in total. The molecule has 0 saturated carbocycles. The topological polar surface area (TPSA) is 3.24 Å². The number of hydrogen-bond acceptors (Lipinski definition) is 1. The lowest BCUT2D eigenvalue weighted by molar-refractivity contribution is 0.296. The molecule has 0 aliphatic heterocycles. The molecule has 0 heterocycles. The molecule has 0 bridgehead atoms. The smallest absolute Gasteiger partial charge is 0.0233 e. The highest BCUT2D eigenvalue weighted by Gasteiger charge is 2.09. The van der Waals surface area contributed by atoms with Crippen molar-refractivity contribution in [1.82, 2.24) is 4.90 Å².